The second-order valence-corrected chi connectivity index (χ2v) is 7.30. The molecule has 3 heterocycles. The van der Waals surface area contributed by atoms with E-state index >= 15 is 0 Å². The van der Waals surface area contributed by atoms with Gasteiger partial charge in [-0.25, -0.2) is 4.98 Å². The van der Waals surface area contributed by atoms with Crippen molar-refractivity contribution in [1.29, 1.82) is 0 Å². The van der Waals surface area contributed by atoms with E-state index in [0.717, 1.165) is 36.5 Å². The van der Waals surface area contributed by atoms with Crippen LogP contribution in [0, 0.1) is 0 Å². The Morgan fingerprint density at radius 1 is 1.38 bits per heavy atom. The Morgan fingerprint density at radius 2 is 2.17 bits per heavy atom. The summed E-state index contributed by atoms with van der Waals surface area (Å²) in [4.78, 5) is 19.1. The van der Waals surface area contributed by atoms with Crippen molar-refractivity contribution >= 4 is 11.7 Å². The number of pyridine rings is 1. The molecule has 2 aromatic heterocycles. The molecule has 3 rings (SSSR count). The number of aromatic nitrogens is 3. The number of H-pyrrole nitrogens is 1. The van der Waals surface area contributed by atoms with E-state index < -0.39 is 0 Å². The molecule has 0 spiro atoms. The van der Waals surface area contributed by atoms with Gasteiger partial charge in [0.05, 0.1) is 6.04 Å². The Hall–Kier alpha value is -2.37. The lowest BCUT2D eigenvalue weighted by molar-refractivity contribution is 0.0729. The van der Waals surface area contributed by atoms with Crippen molar-refractivity contribution in [3.63, 3.8) is 0 Å². The number of carbonyl (C=O) groups excluding carboxylic acids is 1. The summed E-state index contributed by atoms with van der Waals surface area (Å²) in [5, 5.41) is 10.3. The van der Waals surface area contributed by atoms with Crippen LogP contribution in [0.1, 0.15) is 61.4 Å². The molecule has 2 aromatic rings. The van der Waals surface area contributed by atoms with Gasteiger partial charge in [0.15, 0.2) is 0 Å². The Morgan fingerprint density at radius 3 is 2.83 bits per heavy atom. The molecule has 6 nitrogen and oxygen atoms in total. The van der Waals surface area contributed by atoms with Crippen LogP contribution < -0.4 is 5.32 Å². The zero-order valence-electron chi connectivity index (χ0n) is 14.8. The van der Waals surface area contributed by atoms with Crippen molar-refractivity contribution in [1.82, 2.24) is 20.1 Å². The summed E-state index contributed by atoms with van der Waals surface area (Å²) in [5.41, 5.74) is 2.53. The molecule has 1 atom stereocenters. The average Bonchev–Trinajstić information content (AvgIpc) is 3.23. The summed E-state index contributed by atoms with van der Waals surface area (Å²) >= 11 is 0. The molecule has 0 saturated carbocycles. The molecule has 0 aliphatic carbocycles. The number of rotatable bonds is 3. The van der Waals surface area contributed by atoms with Gasteiger partial charge < -0.3 is 10.2 Å². The number of hydrogen-bond donors (Lipinski definition) is 2. The van der Waals surface area contributed by atoms with Crippen LogP contribution in [0.4, 0.5) is 5.82 Å². The van der Waals surface area contributed by atoms with E-state index in [-0.39, 0.29) is 17.4 Å². The molecule has 1 fully saturated rings. The predicted octanol–water partition coefficient (Wildman–Crippen LogP) is 3.12. The van der Waals surface area contributed by atoms with Gasteiger partial charge in [0, 0.05) is 30.9 Å². The lowest BCUT2D eigenvalue weighted by Crippen LogP contribution is -2.31. The first-order valence-corrected chi connectivity index (χ1v) is 8.40. The van der Waals surface area contributed by atoms with Crippen LogP contribution in [-0.2, 0) is 5.41 Å². The minimum atomic E-state index is -0.0528. The topological polar surface area (TPSA) is 73.9 Å². The highest BCUT2D eigenvalue weighted by Gasteiger charge is 2.32. The fourth-order valence-electron chi connectivity index (χ4n) is 3.11. The number of anilines is 1. The fourth-order valence-corrected chi connectivity index (χ4v) is 3.11. The summed E-state index contributed by atoms with van der Waals surface area (Å²) in [6.45, 7) is 7.06. The van der Waals surface area contributed by atoms with Crippen molar-refractivity contribution in [2.24, 2.45) is 0 Å². The predicted molar refractivity (Wildman–Crippen MR) is 94.1 cm³/mol. The van der Waals surface area contributed by atoms with E-state index in [1.54, 1.807) is 6.20 Å². The first kappa shape index (κ1) is 16.5. The highest BCUT2D eigenvalue weighted by molar-refractivity contribution is 5.93. The molecule has 6 heteroatoms. The average molecular weight is 327 g/mol. The minimum Gasteiger partial charge on any atom is -0.373 e. The molecular formula is C18H25N5O. The van der Waals surface area contributed by atoms with Gasteiger partial charge in [0.25, 0.3) is 5.91 Å². The molecule has 1 aliphatic heterocycles. The van der Waals surface area contributed by atoms with Crippen molar-refractivity contribution in [3.05, 3.63) is 41.3 Å². The second-order valence-electron chi connectivity index (χ2n) is 7.30. The van der Waals surface area contributed by atoms with Crippen LogP contribution in [0.25, 0.3) is 0 Å². The monoisotopic (exact) mass is 327 g/mol. The first-order chi connectivity index (χ1) is 11.4. The normalized spacial score (nSPS) is 18.0. The summed E-state index contributed by atoms with van der Waals surface area (Å²) < 4.78 is 0. The van der Waals surface area contributed by atoms with Crippen molar-refractivity contribution in [2.45, 2.75) is 45.1 Å². The maximum atomic E-state index is 12.9. The highest BCUT2D eigenvalue weighted by Crippen LogP contribution is 2.34. The highest BCUT2D eigenvalue weighted by atomic mass is 16.2. The van der Waals surface area contributed by atoms with Gasteiger partial charge in [-0.2, -0.15) is 5.10 Å². The third kappa shape index (κ3) is 3.13. The number of hydrogen-bond acceptors (Lipinski definition) is 4. The van der Waals surface area contributed by atoms with Gasteiger partial charge in [0.2, 0.25) is 0 Å². The number of aromatic amines is 1. The van der Waals surface area contributed by atoms with E-state index in [0.29, 0.717) is 5.69 Å². The summed E-state index contributed by atoms with van der Waals surface area (Å²) in [6, 6.07) is 5.97. The zero-order chi connectivity index (χ0) is 17.3. The van der Waals surface area contributed by atoms with Crippen LogP contribution in [0.3, 0.4) is 0 Å². The van der Waals surface area contributed by atoms with Crippen molar-refractivity contribution < 1.29 is 4.79 Å². The van der Waals surface area contributed by atoms with E-state index in [1.165, 1.54) is 0 Å². The third-order valence-corrected chi connectivity index (χ3v) is 4.54. The quantitative estimate of drug-likeness (QED) is 0.908. The maximum Gasteiger partial charge on any atom is 0.274 e. The summed E-state index contributed by atoms with van der Waals surface area (Å²) in [5.74, 6) is 0.814. The first-order valence-electron chi connectivity index (χ1n) is 8.40. The van der Waals surface area contributed by atoms with Crippen molar-refractivity contribution in [2.75, 3.05) is 18.9 Å². The number of carbonyl (C=O) groups is 1. The largest absolute Gasteiger partial charge is 0.373 e. The van der Waals surface area contributed by atoms with Crippen LogP contribution >= 0.6 is 0 Å². The van der Waals surface area contributed by atoms with Gasteiger partial charge in [-0.05, 0) is 36.6 Å². The van der Waals surface area contributed by atoms with E-state index in [9.17, 15) is 4.79 Å². The standard InChI is InChI=1S/C18H25N5O/c1-18(2,3)15-11-13(21-22-15)17(24)23-9-5-6-14(23)12-7-8-20-16(10-12)19-4/h7-8,10-11,14H,5-6,9H2,1-4H3,(H,19,20)(H,21,22). The molecular weight excluding hydrogens is 302 g/mol. The molecule has 0 bridgehead atoms. The summed E-state index contributed by atoms with van der Waals surface area (Å²) in [7, 11) is 1.85. The Labute approximate surface area is 142 Å². The van der Waals surface area contributed by atoms with Crippen molar-refractivity contribution in [3.8, 4) is 0 Å². The van der Waals surface area contributed by atoms with E-state index in [1.807, 2.05) is 30.1 Å². The molecule has 1 saturated heterocycles. The van der Waals surface area contributed by atoms with Gasteiger partial charge >= 0.3 is 0 Å². The molecule has 1 unspecified atom stereocenters. The SMILES string of the molecule is CNc1cc(C2CCCN2C(=O)c2cc(C(C)(C)C)[nH]n2)ccn1. The third-order valence-electron chi connectivity index (χ3n) is 4.54. The Kier molecular flexibility index (Phi) is 4.30. The van der Waals surface area contributed by atoms with Gasteiger partial charge in [-0.3, -0.25) is 9.89 Å². The molecule has 2 N–H and O–H groups in total. The van der Waals surface area contributed by atoms with Crippen LogP contribution in [0.2, 0.25) is 0 Å². The number of nitrogens with zero attached hydrogens (tertiary/aromatic N) is 3. The number of likely N-dealkylation sites (tertiary alicyclic amines) is 1. The van der Waals surface area contributed by atoms with Gasteiger partial charge in [0.1, 0.15) is 11.5 Å². The van der Waals surface area contributed by atoms with E-state index in [2.05, 4.69) is 41.3 Å². The molecule has 1 amide bonds. The van der Waals surface area contributed by atoms with Crippen LogP contribution in [0.5, 0.6) is 0 Å². The molecule has 24 heavy (non-hydrogen) atoms. The number of amides is 1. The zero-order valence-corrected chi connectivity index (χ0v) is 14.8. The lowest BCUT2D eigenvalue weighted by atomic mass is 9.92. The molecule has 0 radical (unpaired) electrons. The molecule has 0 aromatic carbocycles. The smallest absolute Gasteiger partial charge is 0.274 e. The Bertz CT molecular complexity index is 731. The summed E-state index contributed by atoms with van der Waals surface area (Å²) in [6.07, 6.45) is 3.76. The molecule has 1 aliphatic rings. The fraction of sp³-hybridized carbons (Fsp3) is 0.500. The van der Waals surface area contributed by atoms with Crippen LogP contribution in [0.15, 0.2) is 24.4 Å². The maximum absolute atomic E-state index is 12.9. The molecule has 128 valence electrons. The number of nitrogens with one attached hydrogen (secondary N) is 2. The minimum absolute atomic E-state index is 0.00734. The lowest BCUT2D eigenvalue weighted by Gasteiger charge is -2.24. The van der Waals surface area contributed by atoms with Gasteiger partial charge in [-0.15, -0.1) is 0 Å². The van der Waals surface area contributed by atoms with Crippen LogP contribution in [-0.4, -0.2) is 39.6 Å². The Balaban J connectivity index is 1.84. The van der Waals surface area contributed by atoms with Gasteiger partial charge in [-0.1, -0.05) is 20.8 Å². The second kappa shape index (κ2) is 6.26. The van der Waals surface area contributed by atoms with E-state index in [4.69, 9.17) is 0 Å².